The molecule has 0 unspecified atom stereocenters. The van der Waals surface area contributed by atoms with E-state index in [9.17, 15) is 15.0 Å². The van der Waals surface area contributed by atoms with Crippen LogP contribution in [-0.2, 0) is 11.2 Å². The molecule has 0 bridgehead atoms. The van der Waals surface area contributed by atoms with Crippen LogP contribution in [0.1, 0.15) is 79.8 Å². The third-order valence-electron chi connectivity index (χ3n) is 4.80. The number of benzene rings is 1. The molecule has 4 heteroatoms. The van der Waals surface area contributed by atoms with Gasteiger partial charge in [-0.05, 0) is 44.6 Å². The van der Waals surface area contributed by atoms with E-state index in [4.69, 9.17) is 4.74 Å². The monoisotopic (exact) mass is 332 g/mol. The molecule has 0 radical (unpaired) electrons. The Bertz CT molecular complexity index is 631. The number of allylic oxidation sites excluding steroid dienone is 2. The van der Waals surface area contributed by atoms with Gasteiger partial charge in [-0.15, -0.1) is 0 Å². The van der Waals surface area contributed by atoms with Crippen LogP contribution in [0.3, 0.4) is 0 Å². The zero-order chi connectivity index (χ0) is 17.7. The van der Waals surface area contributed by atoms with E-state index in [2.05, 4.69) is 19.9 Å². The van der Waals surface area contributed by atoms with E-state index in [1.54, 1.807) is 0 Å². The van der Waals surface area contributed by atoms with Crippen LogP contribution in [0.4, 0.5) is 0 Å². The van der Waals surface area contributed by atoms with Crippen LogP contribution in [0.2, 0.25) is 0 Å². The molecule has 0 aliphatic heterocycles. The van der Waals surface area contributed by atoms with Crippen molar-refractivity contribution < 1.29 is 19.7 Å². The number of ether oxygens (including phenoxy) is 1. The summed E-state index contributed by atoms with van der Waals surface area (Å²) < 4.78 is 4.87. The number of carbonyl (C=O) groups excluding carboxylic acids is 1. The number of unbranched alkanes of at least 4 members (excludes halogenated alkanes) is 2. The van der Waals surface area contributed by atoms with Gasteiger partial charge in [0.15, 0.2) is 0 Å². The van der Waals surface area contributed by atoms with Gasteiger partial charge in [-0.25, -0.2) is 4.79 Å². The molecule has 1 atom stereocenters. The molecule has 132 valence electrons. The molecule has 2 rings (SSSR count). The van der Waals surface area contributed by atoms with Crippen molar-refractivity contribution in [1.29, 1.82) is 0 Å². The number of hydrogen-bond acceptors (Lipinski definition) is 4. The van der Waals surface area contributed by atoms with E-state index in [-0.39, 0.29) is 23.0 Å². The quantitative estimate of drug-likeness (QED) is 0.445. The molecular weight excluding hydrogens is 304 g/mol. The summed E-state index contributed by atoms with van der Waals surface area (Å²) in [6.07, 6.45) is 8.92. The highest BCUT2D eigenvalue weighted by Gasteiger charge is 2.27. The van der Waals surface area contributed by atoms with Crippen molar-refractivity contribution in [3.05, 3.63) is 34.4 Å². The van der Waals surface area contributed by atoms with Gasteiger partial charge >= 0.3 is 5.97 Å². The number of hydrogen-bond donors (Lipinski definition) is 2. The molecule has 0 spiro atoms. The Hall–Kier alpha value is -1.97. The van der Waals surface area contributed by atoms with Gasteiger partial charge in [-0.1, -0.05) is 31.4 Å². The first-order chi connectivity index (χ1) is 11.5. The molecule has 4 nitrogen and oxygen atoms in total. The topological polar surface area (TPSA) is 66.8 Å². The average Bonchev–Trinajstić information content (AvgIpc) is 2.54. The lowest BCUT2D eigenvalue weighted by Gasteiger charge is -2.25. The summed E-state index contributed by atoms with van der Waals surface area (Å²) in [5.41, 5.74) is 3.03. The van der Waals surface area contributed by atoms with Crippen molar-refractivity contribution in [2.24, 2.45) is 0 Å². The maximum absolute atomic E-state index is 12.2. The van der Waals surface area contributed by atoms with Crippen LogP contribution in [0.15, 0.2) is 17.7 Å². The van der Waals surface area contributed by atoms with E-state index < -0.39 is 5.97 Å². The summed E-state index contributed by atoms with van der Waals surface area (Å²) in [6, 6.07) is 1.28. The van der Waals surface area contributed by atoms with Crippen LogP contribution in [0.5, 0.6) is 11.5 Å². The summed E-state index contributed by atoms with van der Waals surface area (Å²) >= 11 is 0. The Kier molecular flexibility index (Phi) is 6.29. The van der Waals surface area contributed by atoms with Gasteiger partial charge in [-0.2, -0.15) is 0 Å². The molecule has 0 aromatic heterocycles. The molecule has 24 heavy (non-hydrogen) atoms. The van der Waals surface area contributed by atoms with Gasteiger partial charge in [-0.3, -0.25) is 0 Å². The lowest BCUT2D eigenvalue weighted by molar-refractivity contribution is 0.0596. The van der Waals surface area contributed by atoms with Crippen molar-refractivity contribution in [2.75, 3.05) is 7.11 Å². The van der Waals surface area contributed by atoms with E-state index >= 15 is 0 Å². The van der Waals surface area contributed by atoms with E-state index in [0.717, 1.165) is 49.7 Å². The Morgan fingerprint density at radius 2 is 2.04 bits per heavy atom. The van der Waals surface area contributed by atoms with Crippen molar-refractivity contribution in [1.82, 2.24) is 0 Å². The number of carbonyl (C=O) groups is 1. The first-order valence-corrected chi connectivity index (χ1v) is 8.82. The fourth-order valence-corrected chi connectivity index (χ4v) is 3.62. The predicted molar refractivity (Wildman–Crippen MR) is 94.7 cm³/mol. The van der Waals surface area contributed by atoms with Gasteiger partial charge in [0.1, 0.15) is 17.1 Å². The van der Waals surface area contributed by atoms with Crippen molar-refractivity contribution in [2.45, 2.75) is 64.7 Å². The molecule has 0 saturated carbocycles. The fourth-order valence-electron chi connectivity index (χ4n) is 3.62. The van der Waals surface area contributed by atoms with E-state index in [1.165, 1.54) is 18.7 Å². The number of methoxy groups -OCH3 is 1. The van der Waals surface area contributed by atoms with Crippen molar-refractivity contribution in [3.63, 3.8) is 0 Å². The molecule has 0 fully saturated rings. The smallest absolute Gasteiger partial charge is 0.341 e. The zero-order valence-electron chi connectivity index (χ0n) is 14.9. The van der Waals surface area contributed by atoms with Gasteiger partial charge < -0.3 is 14.9 Å². The Morgan fingerprint density at radius 3 is 2.67 bits per heavy atom. The first-order valence-electron chi connectivity index (χ1n) is 8.82. The highest BCUT2D eigenvalue weighted by molar-refractivity contribution is 5.95. The lowest BCUT2D eigenvalue weighted by Crippen LogP contribution is -2.13. The number of phenols is 2. The minimum atomic E-state index is -0.545. The second-order valence-corrected chi connectivity index (χ2v) is 6.64. The van der Waals surface area contributed by atoms with Crippen LogP contribution in [0.25, 0.3) is 0 Å². The maximum atomic E-state index is 12.2. The molecular formula is C20H28O4. The highest BCUT2D eigenvalue weighted by atomic mass is 16.5. The molecule has 1 aliphatic carbocycles. The summed E-state index contributed by atoms with van der Waals surface area (Å²) in [4.78, 5) is 12.2. The summed E-state index contributed by atoms with van der Waals surface area (Å²) in [6.45, 7) is 4.22. The number of rotatable bonds is 6. The van der Waals surface area contributed by atoms with Gasteiger partial charge in [0.2, 0.25) is 0 Å². The Morgan fingerprint density at radius 1 is 1.29 bits per heavy atom. The third-order valence-corrected chi connectivity index (χ3v) is 4.80. The van der Waals surface area contributed by atoms with E-state index in [1.807, 2.05) is 0 Å². The second-order valence-electron chi connectivity index (χ2n) is 6.64. The van der Waals surface area contributed by atoms with Crippen molar-refractivity contribution >= 4 is 5.97 Å². The Balaban J connectivity index is 2.57. The third kappa shape index (κ3) is 3.92. The summed E-state index contributed by atoms with van der Waals surface area (Å²) in [7, 11) is 1.31. The minimum absolute atomic E-state index is 0.0719. The number of aromatic hydroxyl groups is 2. The zero-order valence-corrected chi connectivity index (χ0v) is 14.9. The first kappa shape index (κ1) is 18.4. The van der Waals surface area contributed by atoms with Gasteiger partial charge in [0.05, 0.1) is 7.11 Å². The van der Waals surface area contributed by atoms with Crippen LogP contribution < -0.4 is 0 Å². The average molecular weight is 332 g/mol. The van der Waals surface area contributed by atoms with Crippen LogP contribution in [-0.4, -0.2) is 23.3 Å². The molecule has 0 amide bonds. The van der Waals surface area contributed by atoms with Gasteiger partial charge in [0, 0.05) is 17.5 Å². The largest absolute Gasteiger partial charge is 0.507 e. The summed E-state index contributed by atoms with van der Waals surface area (Å²) in [5.74, 6) is -0.593. The highest BCUT2D eigenvalue weighted by Crippen LogP contribution is 2.42. The minimum Gasteiger partial charge on any atom is -0.507 e. The predicted octanol–water partition coefficient (Wildman–Crippen LogP) is 4.83. The molecule has 1 aromatic carbocycles. The number of phenolic OH excluding ortho intramolecular Hbond substituents is 2. The van der Waals surface area contributed by atoms with Crippen molar-refractivity contribution in [3.8, 4) is 11.5 Å². The normalized spacial score (nSPS) is 17.5. The molecule has 0 saturated heterocycles. The molecule has 0 heterocycles. The maximum Gasteiger partial charge on any atom is 0.341 e. The fraction of sp³-hybridized carbons (Fsp3) is 0.550. The Labute approximate surface area is 144 Å². The lowest BCUT2D eigenvalue weighted by atomic mass is 9.80. The van der Waals surface area contributed by atoms with Gasteiger partial charge in [0.25, 0.3) is 0 Å². The standard InChI is InChI=1S/C20H28O4/c1-4-5-6-10-15-18(14-9-7-8-13(2)11-14)16(21)12-17(22)19(15)20(23)24-3/h11-12,14,21-22H,4-10H2,1-3H3/t14-/m1/s1. The summed E-state index contributed by atoms with van der Waals surface area (Å²) in [5, 5.41) is 20.7. The molecule has 1 aliphatic rings. The number of esters is 1. The van der Waals surface area contributed by atoms with Crippen LogP contribution >= 0.6 is 0 Å². The second kappa shape index (κ2) is 8.22. The molecule has 2 N–H and O–H groups in total. The molecule has 1 aromatic rings. The van der Waals surface area contributed by atoms with E-state index in [0.29, 0.717) is 6.42 Å². The SMILES string of the molecule is CCCCCc1c(C(=O)OC)c(O)cc(O)c1[C@H]1C=C(C)CCC1. The van der Waals surface area contributed by atoms with Crippen LogP contribution in [0, 0.1) is 0 Å².